The molecule has 1 aliphatic carbocycles. The predicted molar refractivity (Wildman–Crippen MR) is 138 cm³/mol. The van der Waals surface area contributed by atoms with Crippen molar-refractivity contribution in [2.24, 2.45) is 5.10 Å². The lowest BCUT2D eigenvalue weighted by molar-refractivity contribution is -0.145. The first-order valence-electron chi connectivity index (χ1n) is 11.7. The summed E-state index contributed by atoms with van der Waals surface area (Å²) in [5.74, 6) is 1.29. The van der Waals surface area contributed by atoms with Crippen molar-refractivity contribution in [3.05, 3.63) is 62.6 Å². The highest BCUT2D eigenvalue weighted by Gasteiger charge is 2.22. The van der Waals surface area contributed by atoms with E-state index in [-0.39, 0.29) is 24.7 Å². The van der Waals surface area contributed by atoms with E-state index in [1.807, 2.05) is 12.1 Å². The van der Waals surface area contributed by atoms with Gasteiger partial charge in [-0.2, -0.15) is 9.78 Å². The molecule has 2 aromatic carbocycles. The van der Waals surface area contributed by atoms with Crippen molar-refractivity contribution < 1.29 is 19.0 Å². The van der Waals surface area contributed by atoms with E-state index in [9.17, 15) is 9.59 Å². The molecule has 3 aromatic rings. The van der Waals surface area contributed by atoms with Crippen LogP contribution in [0.1, 0.15) is 56.3 Å². The molecule has 0 aliphatic heterocycles. The molecule has 184 valence electrons. The van der Waals surface area contributed by atoms with Crippen LogP contribution in [0.4, 0.5) is 0 Å². The lowest BCUT2D eigenvalue weighted by Crippen LogP contribution is -2.25. The zero-order valence-electron chi connectivity index (χ0n) is 19.8. The van der Waals surface area contributed by atoms with E-state index >= 15 is 0 Å². The molecule has 0 spiro atoms. The number of aromatic nitrogens is 2. The average molecular weight is 542 g/mol. The van der Waals surface area contributed by atoms with Crippen LogP contribution in [0.3, 0.4) is 0 Å². The molecular formula is C26H28BrN3O5. The molecule has 4 rings (SSSR count). The summed E-state index contributed by atoms with van der Waals surface area (Å²) >= 11 is 3.45. The molecule has 1 fully saturated rings. The molecule has 9 heteroatoms. The summed E-state index contributed by atoms with van der Waals surface area (Å²) < 4.78 is 18.1. The van der Waals surface area contributed by atoms with Crippen LogP contribution in [0.2, 0.25) is 0 Å². The number of hydrogen-bond donors (Lipinski definition) is 0. The summed E-state index contributed by atoms with van der Waals surface area (Å²) in [6.45, 7) is 1.81. The van der Waals surface area contributed by atoms with Crippen molar-refractivity contribution in [1.82, 2.24) is 9.66 Å². The Morgan fingerprint density at radius 1 is 1.17 bits per heavy atom. The third kappa shape index (κ3) is 5.90. The van der Waals surface area contributed by atoms with Crippen molar-refractivity contribution in [2.75, 3.05) is 20.3 Å². The van der Waals surface area contributed by atoms with Crippen molar-refractivity contribution in [2.45, 2.75) is 44.9 Å². The molecule has 0 saturated heterocycles. The zero-order chi connectivity index (χ0) is 24.8. The summed E-state index contributed by atoms with van der Waals surface area (Å²) in [7, 11) is 1.52. The van der Waals surface area contributed by atoms with Crippen LogP contribution < -0.4 is 15.0 Å². The molecule has 0 unspecified atom stereocenters. The van der Waals surface area contributed by atoms with Crippen LogP contribution in [0.25, 0.3) is 10.9 Å². The largest absolute Gasteiger partial charge is 0.493 e. The van der Waals surface area contributed by atoms with Gasteiger partial charge in [-0.15, -0.1) is 0 Å². The number of esters is 1. The second-order valence-corrected chi connectivity index (χ2v) is 9.25. The number of nitrogens with zero attached hydrogens (tertiary/aromatic N) is 3. The number of ether oxygens (including phenoxy) is 3. The fourth-order valence-corrected chi connectivity index (χ4v) is 4.61. The molecule has 1 saturated carbocycles. The number of halogens is 1. The second-order valence-electron chi connectivity index (χ2n) is 8.33. The first kappa shape index (κ1) is 24.9. The van der Waals surface area contributed by atoms with Gasteiger partial charge in [-0.05, 0) is 61.7 Å². The van der Waals surface area contributed by atoms with Crippen LogP contribution in [0.5, 0.6) is 11.5 Å². The van der Waals surface area contributed by atoms with Gasteiger partial charge >= 0.3 is 5.97 Å². The zero-order valence-corrected chi connectivity index (χ0v) is 21.4. The van der Waals surface area contributed by atoms with Crippen LogP contribution in [0.15, 0.2) is 50.8 Å². The van der Waals surface area contributed by atoms with Crippen LogP contribution in [-0.4, -0.2) is 42.2 Å². The maximum absolute atomic E-state index is 13.4. The van der Waals surface area contributed by atoms with E-state index in [1.165, 1.54) is 18.2 Å². The molecule has 0 atom stereocenters. The van der Waals surface area contributed by atoms with Gasteiger partial charge < -0.3 is 14.2 Å². The number of hydrogen-bond acceptors (Lipinski definition) is 7. The molecule has 1 aliphatic rings. The average Bonchev–Trinajstić information content (AvgIpc) is 2.88. The van der Waals surface area contributed by atoms with E-state index in [4.69, 9.17) is 19.2 Å². The van der Waals surface area contributed by atoms with Gasteiger partial charge in [0.1, 0.15) is 5.82 Å². The Morgan fingerprint density at radius 2 is 1.97 bits per heavy atom. The van der Waals surface area contributed by atoms with Crippen molar-refractivity contribution in [3.8, 4) is 11.5 Å². The van der Waals surface area contributed by atoms with E-state index in [0.717, 1.165) is 30.2 Å². The minimum atomic E-state index is -0.453. The van der Waals surface area contributed by atoms with Crippen molar-refractivity contribution in [1.29, 1.82) is 0 Å². The van der Waals surface area contributed by atoms with Gasteiger partial charge in [0.05, 0.1) is 30.8 Å². The number of fused-ring (bicyclic) bond motifs is 1. The highest BCUT2D eigenvalue weighted by atomic mass is 79.9. The van der Waals surface area contributed by atoms with E-state index in [0.29, 0.717) is 33.8 Å². The van der Waals surface area contributed by atoms with Crippen molar-refractivity contribution >= 4 is 39.0 Å². The first-order chi connectivity index (χ1) is 17.0. The van der Waals surface area contributed by atoms with Gasteiger partial charge in [0.2, 0.25) is 0 Å². The van der Waals surface area contributed by atoms with E-state index < -0.39 is 5.97 Å². The number of benzene rings is 2. The maximum atomic E-state index is 13.4. The summed E-state index contributed by atoms with van der Waals surface area (Å²) in [5.41, 5.74) is 1.19. The summed E-state index contributed by atoms with van der Waals surface area (Å²) in [4.78, 5) is 29.9. The number of carbonyl (C=O) groups is 1. The van der Waals surface area contributed by atoms with Crippen molar-refractivity contribution in [3.63, 3.8) is 0 Å². The Morgan fingerprint density at radius 3 is 2.71 bits per heavy atom. The Bertz CT molecular complexity index is 1300. The molecular weight excluding hydrogens is 514 g/mol. The SMILES string of the molecule is CCOC(=O)COc1ccc(C=Nn2c(C3CCCCC3)nc3ccc(Br)cc3c2=O)cc1OC. The molecule has 1 heterocycles. The molecule has 1 aromatic heterocycles. The predicted octanol–water partition coefficient (Wildman–Crippen LogP) is 5.04. The molecule has 0 amide bonds. The smallest absolute Gasteiger partial charge is 0.344 e. The van der Waals surface area contributed by atoms with E-state index in [2.05, 4.69) is 21.0 Å². The maximum Gasteiger partial charge on any atom is 0.344 e. The minimum absolute atomic E-state index is 0.190. The van der Waals surface area contributed by atoms with Gasteiger partial charge in [-0.25, -0.2) is 9.78 Å². The minimum Gasteiger partial charge on any atom is -0.493 e. The van der Waals surface area contributed by atoms with Crippen LogP contribution in [-0.2, 0) is 9.53 Å². The molecule has 35 heavy (non-hydrogen) atoms. The summed E-state index contributed by atoms with van der Waals surface area (Å²) in [6.07, 6.45) is 7.03. The second kappa shape index (κ2) is 11.5. The Hall–Kier alpha value is -3.20. The summed E-state index contributed by atoms with van der Waals surface area (Å²) in [5, 5.41) is 5.08. The monoisotopic (exact) mass is 541 g/mol. The third-order valence-corrected chi connectivity index (χ3v) is 6.46. The Balaban J connectivity index is 1.68. The fourth-order valence-electron chi connectivity index (χ4n) is 4.25. The fraction of sp³-hybridized carbons (Fsp3) is 0.385. The molecule has 0 radical (unpaired) electrons. The normalized spacial score (nSPS) is 14.4. The van der Waals surface area contributed by atoms with Gasteiger partial charge in [0, 0.05) is 10.4 Å². The summed E-state index contributed by atoms with van der Waals surface area (Å²) in [6, 6.07) is 10.7. The molecule has 0 N–H and O–H groups in total. The van der Waals surface area contributed by atoms with Gasteiger partial charge in [-0.3, -0.25) is 4.79 Å². The number of carbonyl (C=O) groups excluding carboxylic acids is 1. The Labute approximate surface area is 212 Å². The lowest BCUT2D eigenvalue weighted by Gasteiger charge is -2.22. The van der Waals surface area contributed by atoms with Gasteiger partial charge in [-0.1, -0.05) is 35.2 Å². The molecule has 0 bridgehead atoms. The van der Waals surface area contributed by atoms with Gasteiger partial charge in [0.25, 0.3) is 5.56 Å². The quantitative estimate of drug-likeness (QED) is 0.293. The highest BCUT2D eigenvalue weighted by Crippen LogP contribution is 2.32. The third-order valence-electron chi connectivity index (χ3n) is 5.96. The standard InChI is InChI=1S/C26H28BrN3O5/c1-3-34-24(31)16-35-22-12-9-17(13-23(22)33-2)15-28-30-25(18-7-5-4-6-8-18)29-21-11-10-19(27)14-20(21)26(30)32/h9-15,18H,3-8,16H2,1-2H3. The van der Waals surface area contributed by atoms with Crippen LogP contribution in [0, 0.1) is 0 Å². The van der Waals surface area contributed by atoms with E-state index in [1.54, 1.807) is 37.4 Å². The Kier molecular flexibility index (Phi) is 8.17. The van der Waals surface area contributed by atoms with Crippen LogP contribution >= 0.6 is 15.9 Å². The first-order valence-corrected chi connectivity index (χ1v) is 12.5. The topological polar surface area (TPSA) is 92.0 Å². The number of methoxy groups -OCH3 is 1. The molecule has 8 nitrogen and oxygen atoms in total. The highest BCUT2D eigenvalue weighted by molar-refractivity contribution is 9.10. The number of rotatable bonds is 8. The van der Waals surface area contributed by atoms with Gasteiger partial charge in [0.15, 0.2) is 18.1 Å². The lowest BCUT2D eigenvalue weighted by atomic mass is 9.88.